The number of rotatable bonds is 0. The maximum Gasteiger partial charge on any atom is 0.221 e. The van der Waals surface area contributed by atoms with E-state index >= 15 is 0 Å². The Labute approximate surface area is 118 Å². The van der Waals surface area contributed by atoms with Crippen LogP contribution < -0.4 is 4.57 Å². The third kappa shape index (κ3) is 1.41. The molecule has 0 aliphatic heterocycles. The quantitative estimate of drug-likeness (QED) is 0.327. The number of fused-ring (bicyclic) bond motifs is 6. The Morgan fingerprint density at radius 2 is 1.35 bits per heavy atom. The Morgan fingerprint density at radius 3 is 2.15 bits per heavy atom. The molecule has 0 fully saturated rings. The number of hydrogen-bond donors (Lipinski definition) is 0. The first-order valence-electron chi connectivity index (χ1n) is 6.96. The predicted molar refractivity (Wildman–Crippen MR) is 84.9 cm³/mol. The van der Waals surface area contributed by atoms with Crippen LogP contribution in [0.5, 0.6) is 0 Å². The van der Waals surface area contributed by atoms with Crippen molar-refractivity contribution >= 4 is 32.4 Å². The van der Waals surface area contributed by atoms with E-state index in [4.69, 9.17) is 0 Å². The van der Waals surface area contributed by atoms with Crippen LogP contribution in [0.25, 0.3) is 32.4 Å². The number of benzene rings is 3. The van der Waals surface area contributed by atoms with E-state index in [1.165, 1.54) is 38.0 Å². The molecule has 96 valence electrons. The van der Waals surface area contributed by atoms with E-state index in [0.717, 1.165) is 0 Å². The molecule has 1 aromatic heterocycles. The van der Waals surface area contributed by atoms with Gasteiger partial charge in [0.1, 0.15) is 7.05 Å². The zero-order valence-corrected chi connectivity index (χ0v) is 11.7. The summed E-state index contributed by atoms with van der Waals surface area (Å²) in [5, 5.41) is 6.70. The van der Waals surface area contributed by atoms with E-state index in [0.29, 0.717) is 0 Å². The lowest BCUT2D eigenvalue weighted by atomic mass is 9.94. The smallest absolute Gasteiger partial charge is 0.200 e. The van der Waals surface area contributed by atoms with Gasteiger partial charge < -0.3 is 0 Å². The number of aryl methyl sites for hydroxylation is 2. The highest BCUT2D eigenvalue weighted by molar-refractivity contribution is 6.23. The van der Waals surface area contributed by atoms with Gasteiger partial charge in [0, 0.05) is 6.07 Å². The van der Waals surface area contributed by atoms with Gasteiger partial charge in [-0.15, -0.1) is 0 Å². The second-order valence-electron chi connectivity index (χ2n) is 5.42. The average molecular weight is 258 g/mol. The summed E-state index contributed by atoms with van der Waals surface area (Å²) in [4.78, 5) is 0. The van der Waals surface area contributed by atoms with Crippen LogP contribution >= 0.6 is 0 Å². The molecule has 0 amide bonds. The molecule has 0 saturated carbocycles. The number of aromatic nitrogens is 1. The SMILES string of the molecule is Cc1cccc2c3ccccc3c3ccc[n+](C)c3c12. The molecule has 0 atom stereocenters. The minimum absolute atomic E-state index is 1.32. The Bertz CT molecular complexity index is 887. The molecule has 0 N–H and O–H groups in total. The Kier molecular flexibility index (Phi) is 2.31. The van der Waals surface area contributed by atoms with Crippen molar-refractivity contribution in [3.05, 3.63) is 66.4 Å². The third-order valence-electron chi connectivity index (χ3n) is 4.20. The molecule has 0 radical (unpaired) electrons. The van der Waals surface area contributed by atoms with Crippen LogP contribution in [0, 0.1) is 6.92 Å². The number of hydrogen-bond acceptors (Lipinski definition) is 0. The van der Waals surface area contributed by atoms with Gasteiger partial charge in [-0.1, -0.05) is 42.5 Å². The first kappa shape index (κ1) is 11.4. The van der Waals surface area contributed by atoms with Crippen molar-refractivity contribution in [3.63, 3.8) is 0 Å². The van der Waals surface area contributed by atoms with Crippen molar-refractivity contribution in [1.29, 1.82) is 0 Å². The molecule has 1 heterocycles. The van der Waals surface area contributed by atoms with Gasteiger partial charge in [-0.05, 0) is 34.7 Å². The summed E-state index contributed by atoms with van der Waals surface area (Å²) >= 11 is 0. The summed E-state index contributed by atoms with van der Waals surface area (Å²) in [6.07, 6.45) is 2.13. The molecule has 0 bridgehead atoms. The first-order chi connectivity index (χ1) is 9.77. The minimum Gasteiger partial charge on any atom is -0.200 e. The van der Waals surface area contributed by atoms with Crippen LogP contribution in [0.15, 0.2) is 60.8 Å². The molecular formula is C19H16N+. The van der Waals surface area contributed by atoms with Crippen molar-refractivity contribution in [2.24, 2.45) is 7.05 Å². The summed E-state index contributed by atoms with van der Waals surface area (Å²) in [6, 6.07) is 19.6. The average Bonchev–Trinajstić information content (AvgIpc) is 2.48. The van der Waals surface area contributed by atoms with E-state index in [1.54, 1.807) is 0 Å². The fraction of sp³-hybridized carbons (Fsp3) is 0.105. The monoisotopic (exact) mass is 258 g/mol. The third-order valence-corrected chi connectivity index (χ3v) is 4.20. The molecule has 0 unspecified atom stereocenters. The van der Waals surface area contributed by atoms with Gasteiger partial charge in [0.15, 0.2) is 6.20 Å². The largest absolute Gasteiger partial charge is 0.221 e. The molecular weight excluding hydrogens is 242 g/mol. The van der Waals surface area contributed by atoms with Crippen LogP contribution in [-0.4, -0.2) is 0 Å². The standard InChI is InChI=1S/C19H16N/c1-13-7-5-10-16-14-8-3-4-9-15(14)17-11-6-12-20(2)19(17)18(13)16/h3-12H,1-2H3/q+1. The summed E-state index contributed by atoms with van der Waals surface area (Å²) in [6.45, 7) is 2.20. The van der Waals surface area contributed by atoms with Crippen molar-refractivity contribution in [1.82, 2.24) is 0 Å². The van der Waals surface area contributed by atoms with Crippen molar-refractivity contribution in [3.8, 4) is 0 Å². The second-order valence-corrected chi connectivity index (χ2v) is 5.42. The number of nitrogens with zero attached hydrogens (tertiary/aromatic N) is 1. The van der Waals surface area contributed by atoms with Crippen LogP contribution in [0.1, 0.15) is 5.56 Å². The van der Waals surface area contributed by atoms with E-state index in [9.17, 15) is 0 Å². The molecule has 4 rings (SSSR count). The minimum atomic E-state index is 1.32. The molecule has 0 saturated heterocycles. The van der Waals surface area contributed by atoms with E-state index in [-0.39, 0.29) is 0 Å². The summed E-state index contributed by atoms with van der Waals surface area (Å²) in [7, 11) is 2.13. The fourth-order valence-electron chi connectivity index (χ4n) is 3.30. The predicted octanol–water partition coefficient (Wildman–Crippen LogP) is 4.28. The molecule has 1 nitrogen and oxygen atoms in total. The Morgan fingerprint density at radius 1 is 0.700 bits per heavy atom. The van der Waals surface area contributed by atoms with Gasteiger partial charge in [-0.3, -0.25) is 0 Å². The Balaban J connectivity index is 2.49. The fourth-order valence-corrected chi connectivity index (χ4v) is 3.30. The van der Waals surface area contributed by atoms with Crippen LogP contribution in [-0.2, 0) is 7.05 Å². The summed E-state index contributed by atoms with van der Waals surface area (Å²) in [5.41, 5.74) is 2.65. The van der Waals surface area contributed by atoms with Crippen LogP contribution in [0.2, 0.25) is 0 Å². The van der Waals surface area contributed by atoms with Gasteiger partial charge >= 0.3 is 0 Å². The van der Waals surface area contributed by atoms with Crippen LogP contribution in [0.4, 0.5) is 0 Å². The molecule has 1 heteroatoms. The summed E-state index contributed by atoms with van der Waals surface area (Å²) in [5.74, 6) is 0. The van der Waals surface area contributed by atoms with Gasteiger partial charge in [0.25, 0.3) is 0 Å². The zero-order valence-electron chi connectivity index (χ0n) is 11.7. The molecule has 3 aromatic carbocycles. The molecule has 0 aliphatic rings. The molecule has 4 aromatic rings. The maximum absolute atomic E-state index is 2.23. The second kappa shape index (κ2) is 4.04. The van der Waals surface area contributed by atoms with Crippen molar-refractivity contribution in [2.75, 3.05) is 0 Å². The Hall–Kier alpha value is -2.41. The van der Waals surface area contributed by atoms with Crippen molar-refractivity contribution in [2.45, 2.75) is 6.92 Å². The van der Waals surface area contributed by atoms with E-state index < -0.39 is 0 Å². The highest BCUT2D eigenvalue weighted by atomic mass is 14.9. The normalized spacial score (nSPS) is 11.5. The molecule has 0 spiro atoms. The highest BCUT2D eigenvalue weighted by Gasteiger charge is 2.15. The molecule has 0 aliphatic carbocycles. The molecule has 20 heavy (non-hydrogen) atoms. The lowest BCUT2D eigenvalue weighted by Gasteiger charge is -2.09. The lowest BCUT2D eigenvalue weighted by Crippen LogP contribution is -2.28. The van der Waals surface area contributed by atoms with E-state index in [2.05, 4.69) is 79.3 Å². The van der Waals surface area contributed by atoms with Gasteiger partial charge in [-0.25, -0.2) is 4.57 Å². The van der Waals surface area contributed by atoms with Gasteiger partial charge in [0.05, 0.1) is 10.8 Å². The lowest BCUT2D eigenvalue weighted by molar-refractivity contribution is -0.644. The number of pyridine rings is 1. The van der Waals surface area contributed by atoms with Crippen LogP contribution in [0.3, 0.4) is 0 Å². The van der Waals surface area contributed by atoms with Crippen molar-refractivity contribution < 1.29 is 4.57 Å². The zero-order chi connectivity index (χ0) is 13.7. The highest BCUT2D eigenvalue weighted by Crippen LogP contribution is 2.34. The van der Waals surface area contributed by atoms with Gasteiger partial charge in [-0.2, -0.15) is 0 Å². The summed E-state index contributed by atoms with van der Waals surface area (Å²) < 4.78 is 2.23. The first-order valence-corrected chi connectivity index (χ1v) is 6.96. The topological polar surface area (TPSA) is 3.88 Å². The maximum atomic E-state index is 2.23. The van der Waals surface area contributed by atoms with Gasteiger partial charge in [0.2, 0.25) is 5.52 Å². The van der Waals surface area contributed by atoms with E-state index in [1.807, 2.05) is 0 Å².